The third-order valence-corrected chi connectivity index (χ3v) is 8.79. The first-order valence-corrected chi connectivity index (χ1v) is 17.3. The van der Waals surface area contributed by atoms with Gasteiger partial charge in [-0.25, -0.2) is 0 Å². The highest BCUT2D eigenvalue weighted by atomic mass is 35.5. The highest BCUT2D eigenvalue weighted by Gasteiger charge is 2.28. The van der Waals surface area contributed by atoms with E-state index in [-0.39, 0.29) is 0 Å². The zero-order valence-corrected chi connectivity index (χ0v) is 25.8. The average molecular weight is 513 g/mol. The molecule has 0 N–H and O–H groups in total. The lowest BCUT2D eigenvalue weighted by Gasteiger charge is -2.35. The van der Waals surface area contributed by atoms with Crippen LogP contribution in [0.1, 0.15) is 207 Å². The van der Waals surface area contributed by atoms with Crippen LogP contribution in [-0.4, -0.2) is 5.88 Å². The number of alkyl halides is 1. The summed E-state index contributed by atoms with van der Waals surface area (Å²) in [5.41, 5.74) is 0.666. The largest absolute Gasteiger partial charge is 0.127 e. The predicted octanol–water partition coefficient (Wildman–Crippen LogP) is 13.6. The van der Waals surface area contributed by atoms with Crippen LogP contribution in [0, 0.1) is 5.41 Å². The number of rotatable bonds is 30. The van der Waals surface area contributed by atoms with E-state index in [1.54, 1.807) is 0 Å². The molecule has 0 fully saturated rings. The molecule has 0 amide bonds. The molecular formula is C34H69Cl. The maximum absolute atomic E-state index is 5.85. The SMILES string of the molecule is CCCCCCCCC(CCCCCCCC)(CCCCCCCC)CCCCCCCCCCl. The lowest BCUT2D eigenvalue weighted by molar-refractivity contribution is 0.171. The molecule has 35 heavy (non-hydrogen) atoms. The molecule has 0 aromatic rings. The van der Waals surface area contributed by atoms with Gasteiger partial charge in [-0.15, -0.1) is 11.6 Å². The Kier molecular flexibility index (Phi) is 29.1. The van der Waals surface area contributed by atoms with Gasteiger partial charge in [-0.05, 0) is 37.5 Å². The third kappa shape index (κ3) is 24.4. The normalized spacial score (nSPS) is 12.0. The molecule has 0 aromatic heterocycles. The van der Waals surface area contributed by atoms with Gasteiger partial charge in [-0.1, -0.05) is 175 Å². The number of hydrogen-bond acceptors (Lipinski definition) is 0. The second kappa shape index (κ2) is 28.9. The molecule has 0 rings (SSSR count). The van der Waals surface area contributed by atoms with Crippen LogP contribution in [0.3, 0.4) is 0 Å². The number of halogens is 1. The van der Waals surface area contributed by atoms with Gasteiger partial charge in [0.15, 0.2) is 0 Å². The average Bonchev–Trinajstić information content (AvgIpc) is 2.87. The molecule has 0 atom stereocenters. The summed E-state index contributed by atoms with van der Waals surface area (Å²) in [6, 6.07) is 0. The van der Waals surface area contributed by atoms with Crippen LogP contribution in [-0.2, 0) is 0 Å². The van der Waals surface area contributed by atoms with Gasteiger partial charge in [0.25, 0.3) is 0 Å². The number of hydrogen-bond donors (Lipinski definition) is 0. The first kappa shape index (κ1) is 35.3. The Bertz CT molecular complexity index is 336. The van der Waals surface area contributed by atoms with Crippen LogP contribution < -0.4 is 0 Å². The molecule has 0 heterocycles. The zero-order chi connectivity index (χ0) is 25.7. The molecule has 0 saturated carbocycles. The fraction of sp³-hybridized carbons (Fsp3) is 1.00. The van der Waals surface area contributed by atoms with Crippen molar-refractivity contribution in [2.75, 3.05) is 5.88 Å². The molecule has 0 nitrogen and oxygen atoms in total. The van der Waals surface area contributed by atoms with E-state index in [0.29, 0.717) is 5.41 Å². The molecule has 0 aliphatic carbocycles. The van der Waals surface area contributed by atoms with Gasteiger partial charge in [0.1, 0.15) is 0 Å². The Morgan fingerprint density at radius 3 is 0.800 bits per heavy atom. The molecular weight excluding hydrogens is 444 g/mol. The van der Waals surface area contributed by atoms with E-state index in [0.717, 1.165) is 5.88 Å². The first-order chi connectivity index (χ1) is 17.2. The maximum atomic E-state index is 5.85. The van der Waals surface area contributed by atoms with Crippen LogP contribution in [0.25, 0.3) is 0 Å². The van der Waals surface area contributed by atoms with Gasteiger partial charge >= 0.3 is 0 Å². The van der Waals surface area contributed by atoms with E-state index in [1.165, 1.54) is 186 Å². The molecule has 0 aromatic carbocycles. The molecule has 0 unspecified atom stereocenters. The highest BCUT2D eigenvalue weighted by molar-refractivity contribution is 6.17. The second-order valence-corrected chi connectivity index (χ2v) is 12.3. The second-order valence-electron chi connectivity index (χ2n) is 12.0. The Morgan fingerprint density at radius 2 is 0.543 bits per heavy atom. The Morgan fingerprint density at radius 1 is 0.314 bits per heavy atom. The molecule has 1 heteroatoms. The van der Waals surface area contributed by atoms with E-state index >= 15 is 0 Å². The monoisotopic (exact) mass is 513 g/mol. The lowest BCUT2D eigenvalue weighted by atomic mass is 9.70. The molecule has 0 spiro atoms. The number of unbranched alkanes of at least 4 members (excludes halogenated alkanes) is 21. The fourth-order valence-corrected chi connectivity index (χ4v) is 6.26. The van der Waals surface area contributed by atoms with Gasteiger partial charge in [0.05, 0.1) is 0 Å². The molecule has 0 saturated heterocycles. The predicted molar refractivity (Wildman–Crippen MR) is 164 cm³/mol. The smallest absolute Gasteiger partial charge is 0.0223 e. The Balaban J connectivity index is 4.74. The summed E-state index contributed by atoms with van der Waals surface area (Å²) < 4.78 is 0. The zero-order valence-electron chi connectivity index (χ0n) is 25.1. The van der Waals surface area contributed by atoms with Gasteiger partial charge < -0.3 is 0 Å². The van der Waals surface area contributed by atoms with Crippen molar-refractivity contribution in [1.29, 1.82) is 0 Å². The van der Waals surface area contributed by atoms with Crippen molar-refractivity contribution in [2.24, 2.45) is 5.41 Å². The van der Waals surface area contributed by atoms with Gasteiger partial charge in [-0.2, -0.15) is 0 Å². The molecule has 0 radical (unpaired) electrons. The fourth-order valence-electron chi connectivity index (χ4n) is 6.07. The van der Waals surface area contributed by atoms with Gasteiger partial charge in [-0.3, -0.25) is 0 Å². The van der Waals surface area contributed by atoms with E-state index in [4.69, 9.17) is 11.6 Å². The summed E-state index contributed by atoms with van der Waals surface area (Å²) in [5.74, 6) is 0.845. The molecule has 212 valence electrons. The Hall–Kier alpha value is 0.290. The van der Waals surface area contributed by atoms with Crippen molar-refractivity contribution in [3.05, 3.63) is 0 Å². The summed E-state index contributed by atoms with van der Waals surface area (Å²) >= 11 is 5.85. The third-order valence-electron chi connectivity index (χ3n) is 8.52. The van der Waals surface area contributed by atoms with Crippen LogP contribution >= 0.6 is 11.6 Å². The van der Waals surface area contributed by atoms with Crippen molar-refractivity contribution >= 4 is 11.6 Å². The molecule has 0 aliphatic rings. The summed E-state index contributed by atoms with van der Waals surface area (Å²) in [6.45, 7) is 7.01. The summed E-state index contributed by atoms with van der Waals surface area (Å²) in [4.78, 5) is 0. The van der Waals surface area contributed by atoms with E-state index in [2.05, 4.69) is 20.8 Å². The van der Waals surface area contributed by atoms with Crippen molar-refractivity contribution in [3.63, 3.8) is 0 Å². The van der Waals surface area contributed by atoms with Crippen LogP contribution in [0.2, 0.25) is 0 Å². The van der Waals surface area contributed by atoms with E-state index in [1.807, 2.05) is 0 Å². The van der Waals surface area contributed by atoms with Crippen molar-refractivity contribution < 1.29 is 0 Å². The molecule has 0 bridgehead atoms. The van der Waals surface area contributed by atoms with Crippen molar-refractivity contribution in [1.82, 2.24) is 0 Å². The van der Waals surface area contributed by atoms with Crippen molar-refractivity contribution in [3.8, 4) is 0 Å². The lowest BCUT2D eigenvalue weighted by Crippen LogP contribution is -2.21. The summed E-state index contributed by atoms with van der Waals surface area (Å²) in [6.07, 6.45) is 42.0. The van der Waals surface area contributed by atoms with E-state index < -0.39 is 0 Å². The summed E-state index contributed by atoms with van der Waals surface area (Å²) in [7, 11) is 0. The minimum Gasteiger partial charge on any atom is -0.127 e. The topological polar surface area (TPSA) is 0 Å². The maximum Gasteiger partial charge on any atom is 0.0223 e. The minimum atomic E-state index is 0.666. The van der Waals surface area contributed by atoms with Gasteiger partial charge in [0, 0.05) is 5.88 Å². The minimum absolute atomic E-state index is 0.666. The van der Waals surface area contributed by atoms with E-state index in [9.17, 15) is 0 Å². The van der Waals surface area contributed by atoms with Crippen LogP contribution in [0.15, 0.2) is 0 Å². The van der Waals surface area contributed by atoms with Crippen LogP contribution in [0.5, 0.6) is 0 Å². The Labute approximate surface area is 229 Å². The summed E-state index contributed by atoms with van der Waals surface area (Å²) in [5, 5.41) is 0. The quantitative estimate of drug-likeness (QED) is 0.0662. The standard InChI is InChI=1S/C34H69Cl/c1-4-7-10-13-19-24-29-34(30-25-20-14-11-8-5-2,31-26-21-15-12-9-6-3)32-27-22-17-16-18-23-28-33-35/h4-33H2,1-3H3. The first-order valence-electron chi connectivity index (χ1n) is 16.8. The van der Waals surface area contributed by atoms with Crippen molar-refractivity contribution in [2.45, 2.75) is 207 Å². The van der Waals surface area contributed by atoms with Gasteiger partial charge in [0.2, 0.25) is 0 Å². The highest BCUT2D eigenvalue weighted by Crippen LogP contribution is 2.42. The van der Waals surface area contributed by atoms with Crippen LogP contribution in [0.4, 0.5) is 0 Å². The molecule has 0 aliphatic heterocycles.